The number of hydrogen-bond donors (Lipinski definition) is 1. The van der Waals surface area contributed by atoms with Crippen molar-refractivity contribution in [3.63, 3.8) is 0 Å². The summed E-state index contributed by atoms with van der Waals surface area (Å²) in [5.41, 5.74) is 4.38. The third-order valence-corrected chi connectivity index (χ3v) is 2.88. The van der Waals surface area contributed by atoms with Crippen molar-refractivity contribution in [1.29, 1.82) is 0 Å². The smallest absolute Gasteiger partial charge is 0.172 e. The highest BCUT2D eigenvalue weighted by molar-refractivity contribution is 5.41. The molecule has 5 heteroatoms. The molecule has 0 radical (unpaired) electrons. The van der Waals surface area contributed by atoms with Crippen molar-refractivity contribution in [3.8, 4) is 0 Å². The number of nitrogens with one attached hydrogen (secondary N) is 1. The van der Waals surface area contributed by atoms with Crippen molar-refractivity contribution >= 4 is 5.69 Å². The first-order chi connectivity index (χ1) is 9.33. The highest BCUT2D eigenvalue weighted by Crippen LogP contribution is 2.16. The highest BCUT2D eigenvalue weighted by Gasteiger charge is 2.29. The fraction of sp³-hybridized carbons (Fsp3) is 0.571. The Labute approximate surface area is 114 Å². The van der Waals surface area contributed by atoms with E-state index in [1.807, 2.05) is 49.2 Å². The summed E-state index contributed by atoms with van der Waals surface area (Å²) in [5, 5.41) is 2.03. The molecule has 2 atom stereocenters. The third kappa shape index (κ3) is 4.18. The number of anilines is 1. The highest BCUT2D eigenvalue weighted by atomic mass is 16.7. The van der Waals surface area contributed by atoms with E-state index in [9.17, 15) is 0 Å². The van der Waals surface area contributed by atoms with Gasteiger partial charge in [0.2, 0.25) is 0 Å². The second-order valence-corrected chi connectivity index (χ2v) is 4.26. The summed E-state index contributed by atoms with van der Waals surface area (Å²) in [6.45, 7) is 6.37. The number of rotatable bonds is 6. The van der Waals surface area contributed by atoms with E-state index in [4.69, 9.17) is 14.2 Å². The molecule has 0 saturated carbocycles. The molecule has 0 amide bonds. The van der Waals surface area contributed by atoms with Gasteiger partial charge in [-0.3, -0.25) is 0 Å². The van der Waals surface area contributed by atoms with Crippen molar-refractivity contribution < 1.29 is 14.2 Å². The molecule has 5 nitrogen and oxygen atoms in total. The Morgan fingerprint density at radius 3 is 2.63 bits per heavy atom. The van der Waals surface area contributed by atoms with Crippen molar-refractivity contribution in [1.82, 2.24) is 5.01 Å². The van der Waals surface area contributed by atoms with Crippen LogP contribution in [0, 0.1) is 0 Å². The molecule has 1 N–H and O–H groups in total. The van der Waals surface area contributed by atoms with Gasteiger partial charge in [-0.05, 0) is 26.0 Å². The average Bonchev–Trinajstić information content (AvgIpc) is 2.43. The number of ether oxygens (including phenoxy) is 3. The predicted octanol–water partition coefficient (Wildman–Crippen LogP) is 2.07. The number of hydrogen-bond acceptors (Lipinski definition) is 5. The molecule has 0 bridgehead atoms. The number of hydrazine groups is 1. The van der Waals surface area contributed by atoms with Crippen LogP contribution >= 0.6 is 0 Å². The van der Waals surface area contributed by atoms with Crippen LogP contribution in [0.25, 0.3) is 0 Å². The van der Waals surface area contributed by atoms with Crippen LogP contribution < -0.4 is 5.43 Å². The molecule has 19 heavy (non-hydrogen) atoms. The van der Waals surface area contributed by atoms with Crippen LogP contribution in [-0.4, -0.2) is 43.9 Å². The fourth-order valence-corrected chi connectivity index (χ4v) is 2.02. The van der Waals surface area contributed by atoms with Gasteiger partial charge < -0.3 is 19.6 Å². The monoisotopic (exact) mass is 266 g/mol. The third-order valence-electron chi connectivity index (χ3n) is 2.88. The SMILES string of the molecule is CCOC1CN(Nc2ccccc2)C(OCC)CO1. The normalized spacial score (nSPS) is 24.3. The number of morpholine rings is 1. The van der Waals surface area contributed by atoms with Crippen molar-refractivity contribution in [2.75, 3.05) is 31.8 Å². The maximum absolute atomic E-state index is 5.68. The molecule has 1 heterocycles. The van der Waals surface area contributed by atoms with E-state index in [0.717, 1.165) is 5.69 Å². The van der Waals surface area contributed by atoms with Gasteiger partial charge in [0, 0.05) is 18.9 Å². The van der Waals surface area contributed by atoms with Crippen LogP contribution in [-0.2, 0) is 14.2 Å². The molecule has 1 saturated heterocycles. The minimum Gasteiger partial charge on any atom is -0.359 e. The standard InChI is InChI=1S/C14H22N2O3/c1-3-17-13-11-19-14(18-4-2)10-16(13)15-12-8-6-5-7-9-12/h5-9,13-15H,3-4,10-11H2,1-2H3. The Morgan fingerprint density at radius 1 is 1.21 bits per heavy atom. The first-order valence-electron chi connectivity index (χ1n) is 6.76. The summed E-state index contributed by atoms with van der Waals surface area (Å²) in [5.74, 6) is 0. The van der Waals surface area contributed by atoms with E-state index < -0.39 is 0 Å². The second-order valence-electron chi connectivity index (χ2n) is 4.26. The maximum atomic E-state index is 5.68. The lowest BCUT2D eigenvalue weighted by molar-refractivity contribution is -0.231. The lowest BCUT2D eigenvalue weighted by atomic mass is 10.3. The van der Waals surface area contributed by atoms with Gasteiger partial charge in [0.1, 0.15) is 0 Å². The Bertz CT molecular complexity index is 361. The summed E-state index contributed by atoms with van der Waals surface area (Å²) in [6, 6.07) is 10.0. The Morgan fingerprint density at radius 2 is 1.95 bits per heavy atom. The van der Waals surface area contributed by atoms with E-state index in [2.05, 4.69) is 5.43 Å². The largest absolute Gasteiger partial charge is 0.359 e. The molecule has 2 rings (SSSR count). The zero-order valence-electron chi connectivity index (χ0n) is 11.5. The zero-order valence-corrected chi connectivity index (χ0v) is 11.5. The zero-order chi connectivity index (χ0) is 13.5. The molecule has 1 aliphatic rings. The molecular weight excluding hydrogens is 244 g/mol. The summed E-state index contributed by atoms with van der Waals surface area (Å²) in [7, 11) is 0. The molecule has 0 aliphatic carbocycles. The van der Waals surface area contributed by atoms with Gasteiger partial charge in [0.05, 0.1) is 13.2 Å². The van der Waals surface area contributed by atoms with Crippen LogP contribution in [0.3, 0.4) is 0 Å². The van der Waals surface area contributed by atoms with E-state index in [1.165, 1.54) is 0 Å². The minimum absolute atomic E-state index is 0.0955. The van der Waals surface area contributed by atoms with Gasteiger partial charge in [0.15, 0.2) is 12.5 Å². The van der Waals surface area contributed by atoms with Gasteiger partial charge in [0.25, 0.3) is 0 Å². The Hall–Kier alpha value is -1.14. The topological polar surface area (TPSA) is 43.0 Å². The van der Waals surface area contributed by atoms with E-state index >= 15 is 0 Å². The van der Waals surface area contributed by atoms with Gasteiger partial charge in [-0.15, -0.1) is 0 Å². The van der Waals surface area contributed by atoms with E-state index in [-0.39, 0.29) is 12.5 Å². The summed E-state index contributed by atoms with van der Waals surface area (Å²) in [4.78, 5) is 0. The van der Waals surface area contributed by atoms with Gasteiger partial charge >= 0.3 is 0 Å². The lowest BCUT2D eigenvalue weighted by Gasteiger charge is -2.39. The first-order valence-corrected chi connectivity index (χ1v) is 6.76. The van der Waals surface area contributed by atoms with Crippen LogP contribution in [0.5, 0.6) is 0 Å². The molecule has 0 aromatic heterocycles. The van der Waals surface area contributed by atoms with Crippen LogP contribution in [0.1, 0.15) is 13.8 Å². The number of nitrogens with zero attached hydrogens (tertiary/aromatic N) is 1. The van der Waals surface area contributed by atoms with Crippen molar-refractivity contribution in [3.05, 3.63) is 30.3 Å². The quantitative estimate of drug-likeness (QED) is 0.854. The van der Waals surface area contributed by atoms with Crippen LogP contribution in [0.4, 0.5) is 5.69 Å². The lowest BCUT2D eigenvalue weighted by Crippen LogP contribution is -2.54. The average molecular weight is 266 g/mol. The summed E-state index contributed by atoms with van der Waals surface area (Å²) < 4.78 is 16.8. The molecule has 0 spiro atoms. The molecule has 1 aromatic rings. The molecule has 1 aliphatic heterocycles. The number of benzene rings is 1. The Balaban J connectivity index is 1.98. The number of para-hydroxylation sites is 1. The van der Waals surface area contributed by atoms with Crippen molar-refractivity contribution in [2.24, 2.45) is 0 Å². The molecular formula is C14H22N2O3. The fourth-order valence-electron chi connectivity index (χ4n) is 2.02. The molecule has 106 valence electrons. The van der Waals surface area contributed by atoms with Crippen molar-refractivity contribution in [2.45, 2.75) is 26.4 Å². The van der Waals surface area contributed by atoms with Crippen LogP contribution in [0.2, 0.25) is 0 Å². The Kier molecular flexibility index (Phi) is 5.60. The minimum atomic E-state index is -0.210. The second kappa shape index (κ2) is 7.45. The van der Waals surface area contributed by atoms with Gasteiger partial charge in [-0.1, -0.05) is 18.2 Å². The van der Waals surface area contributed by atoms with E-state index in [1.54, 1.807) is 0 Å². The van der Waals surface area contributed by atoms with Gasteiger partial charge in [-0.25, -0.2) is 0 Å². The first kappa shape index (κ1) is 14.3. The molecule has 2 unspecified atom stereocenters. The summed E-state index contributed by atoms with van der Waals surface area (Å²) in [6.07, 6.45) is -0.306. The predicted molar refractivity (Wildman–Crippen MR) is 73.6 cm³/mol. The summed E-state index contributed by atoms with van der Waals surface area (Å²) >= 11 is 0. The van der Waals surface area contributed by atoms with Gasteiger partial charge in [-0.2, -0.15) is 5.01 Å². The molecule has 1 aromatic carbocycles. The molecule has 1 fully saturated rings. The maximum Gasteiger partial charge on any atom is 0.172 e. The van der Waals surface area contributed by atoms with E-state index in [0.29, 0.717) is 26.4 Å². The van der Waals surface area contributed by atoms with Crippen LogP contribution in [0.15, 0.2) is 30.3 Å².